The maximum Gasteiger partial charge on any atom is 0.305 e. The number of carboxylic acid groups (broad SMARTS) is 1. The number of carbonyl (C=O) groups excluding carboxylic acids is 2. The molecule has 0 saturated carbocycles. The number of hydrogen-bond acceptors (Lipinski definition) is 6. The van der Waals surface area contributed by atoms with Crippen molar-refractivity contribution in [1.82, 2.24) is 10.6 Å². The predicted octanol–water partition coefficient (Wildman–Crippen LogP) is 0.465. The van der Waals surface area contributed by atoms with E-state index in [-0.39, 0.29) is 43.2 Å². The van der Waals surface area contributed by atoms with E-state index in [0.717, 1.165) is 0 Å². The number of nitrogens with zero attached hydrogens (tertiary/aromatic N) is 1. The molecule has 0 bridgehead atoms. The zero-order valence-corrected chi connectivity index (χ0v) is 13.9. The van der Waals surface area contributed by atoms with Crippen LogP contribution in [-0.4, -0.2) is 53.1 Å². The van der Waals surface area contributed by atoms with Crippen LogP contribution >= 0.6 is 0 Å². The number of non-ortho nitro benzene ring substituents is 1. The summed E-state index contributed by atoms with van der Waals surface area (Å²) in [6.45, 7) is 0.566. The van der Waals surface area contributed by atoms with Gasteiger partial charge in [0.1, 0.15) is 0 Å². The Kier molecular flexibility index (Phi) is 6.23. The second kappa shape index (κ2) is 8.39. The first-order valence-corrected chi connectivity index (χ1v) is 7.94. The van der Waals surface area contributed by atoms with Crippen molar-refractivity contribution in [2.45, 2.75) is 24.8 Å². The summed E-state index contributed by atoms with van der Waals surface area (Å²) >= 11 is 0. The minimum Gasteiger partial charge on any atom is -0.481 e. The summed E-state index contributed by atoms with van der Waals surface area (Å²) in [6.07, 6.45) is 0.161. The van der Waals surface area contributed by atoms with Gasteiger partial charge in [-0.15, -0.1) is 0 Å². The van der Waals surface area contributed by atoms with Gasteiger partial charge in [-0.3, -0.25) is 24.5 Å². The van der Waals surface area contributed by atoms with Gasteiger partial charge in [-0.05, 0) is 18.6 Å². The van der Waals surface area contributed by atoms with Gasteiger partial charge in [-0.2, -0.15) is 0 Å². The third kappa shape index (κ3) is 5.24. The molecular weight excluding hydrogens is 346 g/mol. The molecular formula is C16H19N3O7. The summed E-state index contributed by atoms with van der Waals surface area (Å²) in [5.74, 6) is -1.87. The molecule has 0 aromatic heterocycles. The summed E-state index contributed by atoms with van der Waals surface area (Å²) in [5, 5.41) is 24.8. The first-order valence-electron chi connectivity index (χ1n) is 7.94. The van der Waals surface area contributed by atoms with Crippen molar-refractivity contribution in [3.63, 3.8) is 0 Å². The number of nitro groups is 1. The average molecular weight is 365 g/mol. The van der Waals surface area contributed by atoms with Gasteiger partial charge >= 0.3 is 5.97 Å². The summed E-state index contributed by atoms with van der Waals surface area (Å²) < 4.78 is 5.19. The highest BCUT2D eigenvalue weighted by Gasteiger charge is 2.38. The molecule has 1 aromatic carbocycles. The molecule has 0 aliphatic carbocycles. The van der Waals surface area contributed by atoms with Crippen LogP contribution in [0.1, 0.15) is 29.6 Å². The van der Waals surface area contributed by atoms with Crippen molar-refractivity contribution in [3.8, 4) is 0 Å². The van der Waals surface area contributed by atoms with E-state index >= 15 is 0 Å². The van der Waals surface area contributed by atoms with Crippen LogP contribution in [0.2, 0.25) is 0 Å². The molecule has 1 aliphatic heterocycles. The smallest absolute Gasteiger partial charge is 0.305 e. The van der Waals surface area contributed by atoms with E-state index in [0.29, 0.717) is 13.0 Å². The molecule has 1 aliphatic rings. The van der Waals surface area contributed by atoms with Crippen LogP contribution in [0.15, 0.2) is 24.3 Å². The van der Waals surface area contributed by atoms with Crippen LogP contribution in [0.5, 0.6) is 0 Å². The third-order valence-corrected chi connectivity index (χ3v) is 3.98. The van der Waals surface area contributed by atoms with Crippen molar-refractivity contribution < 1.29 is 29.2 Å². The first-order chi connectivity index (χ1) is 12.3. The molecule has 1 unspecified atom stereocenters. The number of hydrogen-bond donors (Lipinski definition) is 3. The number of amides is 2. The minimum atomic E-state index is -1.03. The van der Waals surface area contributed by atoms with Crippen LogP contribution in [-0.2, 0) is 14.3 Å². The second-order valence-corrected chi connectivity index (χ2v) is 6.01. The molecule has 0 spiro atoms. The zero-order valence-electron chi connectivity index (χ0n) is 13.9. The number of rotatable bonds is 8. The number of benzene rings is 1. The fourth-order valence-corrected chi connectivity index (χ4v) is 2.66. The van der Waals surface area contributed by atoms with E-state index in [2.05, 4.69) is 10.6 Å². The Balaban J connectivity index is 1.81. The topological polar surface area (TPSA) is 148 Å². The van der Waals surface area contributed by atoms with E-state index in [9.17, 15) is 24.5 Å². The lowest BCUT2D eigenvalue weighted by Crippen LogP contribution is -2.51. The quantitative estimate of drug-likeness (QED) is 0.448. The highest BCUT2D eigenvalue weighted by Crippen LogP contribution is 2.22. The van der Waals surface area contributed by atoms with Gasteiger partial charge in [0, 0.05) is 37.3 Å². The molecule has 10 nitrogen and oxygen atoms in total. The molecule has 1 saturated heterocycles. The maximum atomic E-state index is 12.0. The second-order valence-electron chi connectivity index (χ2n) is 6.01. The fraction of sp³-hybridized carbons (Fsp3) is 0.438. The van der Waals surface area contributed by atoms with Gasteiger partial charge < -0.3 is 20.5 Å². The summed E-state index contributed by atoms with van der Waals surface area (Å²) in [6, 6.07) is 5.09. The summed E-state index contributed by atoms with van der Waals surface area (Å²) in [5.41, 5.74) is -0.795. The van der Waals surface area contributed by atoms with Crippen molar-refractivity contribution in [2.75, 3.05) is 19.8 Å². The van der Waals surface area contributed by atoms with Crippen molar-refractivity contribution >= 4 is 23.5 Å². The molecule has 2 amide bonds. The zero-order chi connectivity index (χ0) is 19.2. The van der Waals surface area contributed by atoms with Crippen molar-refractivity contribution in [2.24, 2.45) is 0 Å². The van der Waals surface area contributed by atoms with Crippen molar-refractivity contribution in [1.29, 1.82) is 0 Å². The van der Waals surface area contributed by atoms with E-state index in [4.69, 9.17) is 9.84 Å². The average Bonchev–Trinajstić information content (AvgIpc) is 3.01. The molecule has 140 valence electrons. The van der Waals surface area contributed by atoms with Crippen LogP contribution in [0.25, 0.3) is 0 Å². The molecule has 26 heavy (non-hydrogen) atoms. The monoisotopic (exact) mass is 365 g/mol. The van der Waals surface area contributed by atoms with E-state index in [1.165, 1.54) is 24.3 Å². The van der Waals surface area contributed by atoms with Gasteiger partial charge in [0.15, 0.2) is 0 Å². The highest BCUT2D eigenvalue weighted by atomic mass is 16.6. The van der Waals surface area contributed by atoms with Gasteiger partial charge in [0.25, 0.3) is 11.6 Å². The lowest BCUT2D eigenvalue weighted by Gasteiger charge is -2.27. The normalized spacial score (nSPS) is 18.9. The van der Waals surface area contributed by atoms with Gasteiger partial charge in [-0.1, -0.05) is 0 Å². The Morgan fingerprint density at radius 2 is 1.96 bits per heavy atom. The SMILES string of the molecule is O=C(O)CC1(NC(=O)CCNC(=O)c2ccc([N+](=O)[O-])cc2)CCOC1. The van der Waals surface area contributed by atoms with E-state index < -0.39 is 22.3 Å². The number of carbonyl (C=O) groups is 3. The number of ether oxygens (including phenoxy) is 1. The molecule has 0 radical (unpaired) electrons. The molecule has 1 aromatic rings. The van der Waals surface area contributed by atoms with Crippen LogP contribution in [0.4, 0.5) is 5.69 Å². The lowest BCUT2D eigenvalue weighted by molar-refractivity contribution is -0.384. The maximum absolute atomic E-state index is 12.0. The Morgan fingerprint density at radius 3 is 2.50 bits per heavy atom. The van der Waals surface area contributed by atoms with E-state index in [1.54, 1.807) is 0 Å². The standard InChI is InChI=1S/C16H19N3O7/c20-13(18-16(9-14(21)22)6-8-26-10-16)5-7-17-15(23)11-1-3-12(4-2-11)19(24)25/h1-4H,5-10H2,(H,17,23)(H,18,20)(H,21,22). The Morgan fingerprint density at radius 1 is 1.27 bits per heavy atom. The predicted molar refractivity (Wildman–Crippen MR) is 88.6 cm³/mol. The first kappa shape index (κ1) is 19.3. The fourth-order valence-electron chi connectivity index (χ4n) is 2.66. The molecule has 2 rings (SSSR count). The minimum absolute atomic E-state index is 0.0277. The Hall–Kier alpha value is -3.01. The van der Waals surface area contributed by atoms with Gasteiger partial charge in [-0.25, -0.2) is 0 Å². The molecule has 10 heteroatoms. The molecule has 1 fully saturated rings. The highest BCUT2D eigenvalue weighted by molar-refractivity contribution is 5.94. The largest absolute Gasteiger partial charge is 0.481 e. The Bertz CT molecular complexity index is 696. The third-order valence-electron chi connectivity index (χ3n) is 3.98. The molecule has 1 atom stereocenters. The van der Waals surface area contributed by atoms with Crippen LogP contribution < -0.4 is 10.6 Å². The number of nitrogens with one attached hydrogen (secondary N) is 2. The van der Waals surface area contributed by atoms with Crippen LogP contribution in [0.3, 0.4) is 0 Å². The lowest BCUT2D eigenvalue weighted by atomic mass is 9.94. The summed E-state index contributed by atoms with van der Waals surface area (Å²) in [7, 11) is 0. The van der Waals surface area contributed by atoms with E-state index in [1.807, 2.05) is 0 Å². The van der Waals surface area contributed by atoms with Crippen molar-refractivity contribution in [3.05, 3.63) is 39.9 Å². The number of carboxylic acids is 1. The number of aliphatic carboxylic acids is 1. The molecule has 3 N–H and O–H groups in total. The number of nitro benzene ring substituents is 1. The van der Waals surface area contributed by atoms with Gasteiger partial charge in [0.05, 0.1) is 23.5 Å². The van der Waals surface area contributed by atoms with Crippen LogP contribution in [0, 0.1) is 10.1 Å². The molecule has 1 heterocycles. The van der Waals surface area contributed by atoms with Gasteiger partial charge in [0.2, 0.25) is 5.91 Å². The summed E-state index contributed by atoms with van der Waals surface area (Å²) in [4.78, 5) is 45.0. The Labute approximate surface area is 148 Å².